The van der Waals surface area contributed by atoms with Crippen molar-refractivity contribution in [3.8, 4) is 0 Å². The molecule has 0 radical (unpaired) electrons. The van der Waals surface area contributed by atoms with Crippen molar-refractivity contribution in [2.45, 2.75) is 40.5 Å². The Morgan fingerprint density at radius 3 is 2.17 bits per heavy atom. The summed E-state index contributed by atoms with van der Waals surface area (Å²) in [5, 5.41) is 2.87. The SMILES string of the molecule is CCNC(=O)[C@H](CC)[C@H](C)CC. The van der Waals surface area contributed by atoms with Crippen molar-refractivity contribution < 1.29 is 4.79 Å². The third-order valence-corrected chi connectivity index (χ3v) is 2.46. The number of amides is 1. The van der Waals surface area contributed by atoms with Gasteiger partial charge in [-0.05, 0) is 19.3 Å². The van der Waals surface area contributed by atoms with Crippen LogP contribution in [0.25, 0.3) is 0 Å². The van der Waals surface area contributed by atoms with E-state index < -0.39 is 0 Å². The average molecular weight is 171 g/mol. The van der Waals surface area contributed by atoms with Gasteiger partial charge < -0.3 is 5.32 Å². The zero-order chi connectivity index (χ0) is 9.56. The van der Waals surface area contributed by atoms with E-state index >= 15 is 0 Å². The van der Waals surface area contributed by atoms with Gasteiger partial charge in [0, 0.05) is 12.5 Å². The first-order chi connectivity index (χ1) is 5.67. The highest BCUT2D eigenvalue weighted by Crippen LogP contribution is 2.18. The summed E-state index contributed by atoms with van der Waals surface area (Å²) in [4.78, 5) is 11.5. The third kappa shape index (κ3) is 3.24. The summed E-state index contributed by atoms with van der Waals surface area (Å²) < 4.78 is 0. The second-order valence-corrected chi connectivity index (χ2v) is 3.29. The van der Waals surface area contributed by atoms with Gasteiger partial charge >= 0.3 is 0 Å². The largest absolute Gasteiger partial charge is 0.356 e. The molecule has 0 aromatic rings. The number of hydrogen-bond acceptors (Lipinski definition) is 1. The van der Waals surface area contributed by atoms with Gasteiger partial charge in [-0.25, -0.2) is 0 Å². The first-order valence-corrected chi connectivity index (χ1v) is 4.94. The Kier molecular flexibility index (Phi) is 5.77. The fourth-order valence-electron chi connectivity index (χ4n) is 1.44. The molecule has 0 aliphatic heterocycles. The van der Waals surface area contributed by atoms with Crippen molar-refractivity contribution >= 4 is 5.91 Å². The monoisotopic (exact) mass is 171 g/mol. The van der Waals surface area contributed by atoms with Crippen molar-refractivity contribution in [3.05, 3.63) is 0 Å². The van der Waals surface area contributed by atoms with Crippen molar-refractivity contribution in [1.82, 2.24) is 5.32 Å². The Morgan fingerprint density at radius 2 is 1.83 bits per heavy atom. The Balaban J connectivity index is 4.04. The summed E-state index contributed by atoms with van der Waals surface area (Å²) in [5.41, 5.74) is 0. The van der Waals surface area contributed by atoms with Crippen LogP contribution in [0.15, 0.2) is 0 Å². The van der Waals surface area contributed by atoms with E-state index in [9.17, 15) is 4.79 Å². The second kappa shape index (κ2) is 6.04. The van der Waals surface area contributed by atoms with E-state index in [0.29, 0.717) is 5.92 Å². The predicted molar refractivity (Wildman–Crippen MR) is 51.9 cm³/mol. The molecule has 72 valence electrons. The highest BCUT2D eigenvalue weighted by molar-refractivity contribution is 5.78. The lowest BCUT2D eigenvalue weighted by atomic mass is 9.89. The average Bonchev–Trinajstić information content (AvgIpc) is 2.06. The number of carbonyl (C=O) groups is 1. The summed E-state index contributed by atoms with van der Waals surface area (Å²) in [5.74, 6) is 0.922. The molecule has 0 heterocycles. The summed E-state index contributed by atoms with van der Waals surface area (Å²) in [6.45, 7) is 9.05. The fourth-order valence-corrected chi connectivity index (χ4v) is 1.44. The van der Waals surface area contributed by atoms with Crippen LogP contribution in [0.4, 0.5) is 0 Å². The van der Waals surface area contributed by atoms with Crippen LogP contribution in [0.2, 0.25) is 0 Å². The van der Waals surface area contributed by atoms with Crippen LogP contribution in [0.5, 0.6) is 0 Å². The molecule has 2 nitrogen and oxygen atoms in total. The van der Waals surface area contributed by atoms with Gasteiger partial charge in [-0.3, -0.25) is 4.79 Å². The molecule has 0 saturated heterocycles. The fraction of sp³-hybridized carbons (Fsp3) is 0.900. The van der Waals surface area contributed by atoms with Crippen LogP contribution in [0.3, 0.4) is 0 Å². The molecule has 0 unspecified atom stereocenters. The third-order valence-electron chi connectivity index (χ3n) is 2.46. The summed E-state index contributed by atoms with van der Waals surface area (Å²) in [7, 11) is 0. The number of nitrogens with one attached hydrogen (secondary N) is 1. The van der Waals surface area contributed by atoms with Crippen LogP contribution < -0.4 is 5.32 Å². The maximum Gasteiger partial charge on any atom is 0.223 e. The standard InChI is InChI=1S/C10H21NO/c1-5-8(4)9(6-2)10(12)11-7-3/h8-9H,5-7H2,1-4H3,(H,11,12)/t8-,9-/m1/s1. The predicted octanol–water partition coefficient (Wildman–Crippen LogP) is 2.19. The molecular weight excluding hydrogens is 150 g/mol. The van der Waals surface area contributed by atoms with Crippen molar-refractivity contribution in [3.63, 3.8) is 0 Å². The minimum atomic E-state index is 0.204. The first-order valence-electron chi connectivity index (χ1n) is 4.94. The zero-order valence-electron chi connectivity index (χ0n) is 8.68. The first kappa shape index (κ1) is 11.5. The van der Waals surface area contributed by atoms with Gasteiger partial charge in [0.1, 0.15) is 0 Å². The lowest BCUT2D eigenvalue weighted by molar-refractivity contribution is -0.126. The topological polar surface area (TPSA) is 29.1 Å². The maximum absolute atomic E-state index is 11.5. The quantitative estimate of drug-likeness (QED) is 0.675. The van der Waals surface area contributed by atoms with E-state index in [1.807, 2.05) is 6.92 Å². The lowest BCUT2D eigenvalue weighted by Gasteiger charge is -2.19. The van der Waals surface area contributed by atoms with Crippen LogP contribution >= 0.6 is 0 Å². The van der Waals surface area contributed by atoms with Gasteiger partial charge in [0.15, 0.2) is 0 Å². The van der Waals surface area contributed by atoms with E-state index in [0.717, 1.165) is 19.4 Å². The Hall–Kier alpha value is -0.530. The smallest absolute Gasteiger partial charge is 0.223 e. The van der Waals surface area contributed by atoms with Gasteiger partial charge in [-0.1, -0.05) is 27.2 Å². The Morgan fingerprint density at radius 1 is 1.25 bits per heavy atom. The molecular formula is C10H21NO. The van der Waals surface area contributed by atoms with Crippen molar-refractivity contribution in [1.29, 1.82) is 0 Å². The highest BCUT2D eigenvalue weighted by Gasteiger charge is 2.20. The number of rotatable bonds is 5. The highest BCUT2D eigenvalue weighted by atomic mass is 16.1. The molecule has 0 fully saturated rings. The molecule has 0 aromatic heterocycles. The van der Waals surface area contributed by atoms with Crippen molar-refractivity contribution in [2.75, 3.05) is 6.54 Å². The van der Waals surface area contributed by atoms with E-state index in [2.05, 4.69) is 26.1 Å². The minimum Gasteiger partial charge on any atom is -0.356 e. The summed E-state index contributed by atoms with van der Waals surface area (Å²) >= 11 is 0. The molecule has 0 bridgehead atoms. The Bertz CT molecular complexity index is 134. The molecule has 2 heteroatoms. The number of carbonyl (C=O) groups excluding carboxylic acids is 1. The van der Waals surface area contributed by atoms with Gasteiger partial charge in [0.2, 0.25) is 5.91 Å². The summed E-state index contributed by atoms with van der Waals surface area (Å²) in [6.07, 6.45) is 2.02. The molecule has 2 atom stereocenters. The van der Waals surface area contributed by atoms with E-state index in [1.165, 1.54) is 0 Å². The molecule has 0 rings (SSSR count). The molecule has 12 heavy (non-hydrogen) atoms. The maximum atomic E-state index is 11.5. The normalized spacial score (nSPS) is 15.3. The van der Waals surface area contributed by atoms with Gasteiger partial charge in [0.05, 0.1) is 0 Å². The van der Waals surface area contributed by atoms with Crippen molar-refractivity contribution in [2.24, 2.45) is 11.8 Å². The van der Waals surface area contributed by atoms with Crippen LogP contribution in [0.1, 0.15) is 40.5 Å². The van der Waals surface area contributed by atoms with E-state index in [4.69, 9.17) is 0 Å². The number of hydrogen-bond donors (Lipinski definition) is 1. The second-order valence-electron chi connectivity index (χ2n) is 3.29. The minimum absolute atomic E-state index is 0.204. The molecule has 0 aliphatic rings. The van der Waals surface area contributed by atoms with Crippen LogP contribution in [0, 0.1) is 11.8 Å². The van der Waals surface area contributed by atoms with Gasteiger partial charge in [-0.15, -0.1) is 0 Å². The Labute approximate surface area is 75.7 Å². The van der Waals surface area contributed by atoms with Crippen LogP contribution in [-0.4, -0.2) is 12.5 Å². The van der Waals surface area contributed by atoms with E-state index in [-0.39, 0.29) is 11.8 Å². The zero-order valence-corrected chi connectivity index (χ0v) is 8.68. The lowest BCUT2D eigenvalue weighted by Crippen LogP contribution is -2.33. The molecule has 1 amide bonds. The van der Waals surface area contributed by atoms with E-state index in [1.54, 1.807) is 0 Å². The molecule has 1 N–H and O–H groups in total. The molecule has 0 aliphatic carbocycles. The molecule has 0 saturated carbocycles. The van der Waals surface area contributed by atoms with Gasteiger partial charge in [0.25, 0.3) is 0 Å². The van der Waals surface area contributed by atoms with Gasteiger partial charge in [-0.2, -0.15) is 0 Å². The summed E-state index contributed by atoms with van der Waals surface area (Å²) in [6, 6.07) is 0. The molecule has 0 aromatic carbocycles. The molecule has 0 spiro atoms. The van der Waals surface area contributed by atoms with Crippen LogP contribution in [-0.2, 0) is 4.79 Å².